The molecule has 4 rings (SSSR count). The lowest BCUT2D eigenvalue weighted by Crippen LogP contribution is -2.40. The van der Waals surface area contributed by atoms with E-state index in [0.717, 1.165) is 0 Å². The summed E-state index contributed by atoms with van der Waals surface area (Å²) in [4.78, 5) is 48.1. The molecular weight excluding hydrogens is 546 g/mol. The number of nitrogens with one attached hydrogen (secondary N) is 3. The molecule has 1 atom stereocenters. The second kappa shape index (κ2) is 12.4. The Balaban J connectivity index is 1.34. The van der Waals surface area contributed by atoms with E-state index in [2.05, 4.69) is 20.6 Å². The number of methoxy groups -OCH3 is 1. The molecular formula is C27H29ClF2N6O4. The normalized spacial score (nSPS) is 14.9. The number of nitrogens with zero attached hydrogens (tertiary/aromatic N) is 3. The highest BCUT2D eigenvalue weighted by Crippen LogP contribution is 2.25. The largest absolute Gasteiger partial charge is 0.494 e. The number of carbonyl (C=O) groups is 3. The van der Waals surface area contributed by atoms with E-state index in [1.165, 1.54) is 43.6 Å². The minimum Gasteiger partial charge on any atom is -0.494 e. The zero-order valence-corrected chi connectivity index (χ0v) is 22.9. The highest BCUT2D eigenvalue weighted by atomic mass is 35.5. The first kappa shape index (κ1) is 29.0. The van der Waals surface area contributed by atoms with Gasteiger partial charge in [-0.15, -0.1) is 0 Å². The number of anilines is 1. The number of rotatable bonds is 9. The first-order valence-electron chi connectivity index (χ1n) is 12.4. The van der Waals surface area contributed by atoms with Gasteiger partial charge in [0.2, 0.25) is 11.7 Å². The van der Waals surface area contributed by atoms with Crippen molar-refractivity contribution in [2.75, 3.05) is 46.2 Å². The van der Waals surface area contributed by atoms with E-state index < -0.39 is 17.5 Å². The molecule has 1 aliphatic heterocycles. The molecule has 0 bridgehead atoms. The number of hydrogen-bond acceptors (Lipinski definition) is 6. The third-order valence-corrected chi connectivity index (χ3v) is 6.68. The number of halogens is 3. The average Bonchev–Trinajstić information content (AvgIpc) is 3.57. The third-order valence-electron chi connectivity index (χ3n) is 6.37. The van der Waals surface area contributed by atoms with Gasteiger partial charge in [-0.2, -0.15) is 4.39 Å². The van der Waals surface area contributed by atoms with Crippen molar-refractivity contribution in [3.8, 4) is 5.75 Å². The molecule has 13 heteroatoms. The van der Waals surface area contributed by atoms with Crippen LogP contribution < -0.4 is 15.4 Å². The fourth-order valence-electron chi connectivity index (χ4n) is 4.34. The smallest absolute Gasteiger partial charge is 0.291 e. The minimum atomic E-state index is -1.09. The molecule has 1 unspecified atom stereocenters. The van der Waals surface area contributed by atoms with E-state index in [1.54, 1.807) is 9.80 Å². The maximum Gasteiger partial charge on any atom is 0.291 e. The van der Waals surface area contributed by atoms with E-state index >= 15 is 0 Å². The van der Waals surface area contributed by atoms with Crippen LogP contribution in [0.5, 0.6) is 5.75 Å². The number of ether oxygens (including phenoxy) is 1. The lowest BCUT2D eigenvalue weighted by atomic mass is 10.1. The molecule has 10 nitrogen and oxygen atoms in total. The van der Waals surface area contributed by atoms with Gasteiger partial charge in [-0.3, -0.25) is 14.4 Å². The first-order chi connectivity index (χ1) is 19.0. The third kappa shape index (κ3) is 6.75. The van der Waals surface area contributed by atoms with Crippen LogP contribution in [0.15, 0.2) is 36.5 Å². The van der Waals surface area contributed by atoms with Gasteiger partial charge < -0.3 is 30.2 Å². The van der Waals surface area contributed by atoms with Gasteiger partial charge in [0, 0.05) is 43.1 Å². The average molecular weight is 575 g/mol. The molecule has 1 aromatic heterocycles. The summed E-state index contributed by atoms with van der Waals surface area (Å²) in [5, 5.41) is 5.67. The maximum atomic E-state index is 14.3. The van der Waals surface area contributed by atoms with E-state index in [0.29, 0.717) is 37.4 Å². The fourth-order valence-corrected chi connectivity index (χ4v) is 4.61. The second-order valence-corrected chi connectivity index (χ2v) is 10.1. The van der Waals surface area contributed by atoms with Crippen LogP contribution in [0, 0.1) is 11.6 Å². The molecule has 40 heavy (non-hydrogen) atoms. The number of likely N-dealkylation sites (N-methyl/N-ethyl adjacent to an activating group) is 1. The monoisotopic (exact) mass is 574 g/mol. The zero-order chi connectivity index (χ0) is 29.0. The Morgan fingerprint density at radius 3 is 2.65 bits per heavy atom. The number of likely N-dealkylation sites (tertiary alicyclic amines) is 1. The Bertz CT molecular complexity index is 1430. The van der Waals surface area contributed by atoms with Crippen molar-refractivity contribution in [2.45, 2.75) is 18.9 Å². The van der Waals surface area contributed by atoms with Crippen LogP contribution in [-0.2, 0) is 11.2 Å². The van der Waals surface area contributed by atoms with E-state index in [9.17, 15) is 23.2 Å². The molecule has 3 N–H and O–H groups in total. The summed E-state index contributed by atoms with van der Waals surface area (Å²) in [6, 6.07) is 6.98. The number of H-pyrrole nitrogens is 1. The van der Waals surface area contributed by atoms with Crippen LogP contribution in [-0.4, -0.2) is 84.4 Å². The summed E-state index contributed by atoms with van der Waals surface area (Å²) in [5.41, 5.74) is 1.02. The van der Waals surface area contributed by atoms with Crippen LogP contribution in [0.3, 0.4) is 0 Å². The van der Waals surface area contributed by atoms with Gasteiger partial charge >= 0.3 is 0 Å². The van der Waals surface area contributed by atoms with Crippen LogP contribution in [0.1, 0.15) is 38.7 Å². The molecule has 212 valence electrons. The van der Waals surface area contributed by atoms with Crippen molar-refractivity contribution in [3.05, 3.63) is 75.8 Å². The topological polar surface area (TPSA) is 120 Å². The first-order valence-corrected chi connectivity index (χ1v) is 12.8. The standard InChI is InChI=1S/C27H29ClF2N6O4/c1-35(2)14-22(37)36-9-8-17(13-36)34-26(38)19-6-5-16(11-20(19)28)33-27(39)25-31-12-18(32-25)10-15-4-7-21(40-3)24(30)23(15)29/h4-7,11-12,17H,8-10,13-14H2,1-3H3,(H,31,32)(H,33,39)(H,34,38). The van der Waals surface area contributed by atoms with Crippen molar-refractivity contribution in [2.24, 2.45) is 0 Å². The Kier molecular flexibility index (Phi) is 9.00. The van der Waals surface area contributed by atoms with Crippen molar-refractivity contribution < 1.29 is 27.9 Å². The van der Waals surface area contributed by atoms with E-state index in [1.807, 2.05) is 14.1 Å². The quantitative estimate of drug-likeness (QED) is 0.361. The number of amides is 3. The van der Waals surface area contributed by atoms with E-state index in [4.69, 9.17) is 16.3 Å². The van der Waals surface area contributed by atoms with Crippen LogP contribution in [0.4, 0.5) is 14.5 Å². The van der Waals surface area contributed by atoms with Crippen molar-refractivity contribution in [3.63, 3.8) is 0 Å². The Labute approximate surface area is 234 Å². The summed E-state index contributed by atoms with van der Waals surface area (Å²) in [6.07, 6.45) is 1.97. The number of imidazole rings is 1. The van der Waals surface area contributed by atoms with Gasteiger partial charge in [0.25, 0.3) is 11.8 Å². The molecule has 1 aliphatic rings. The number of hydrogen-bond donors (Lipinski definition) is 3. The van der Waals surface area contributed by atoms with Crippen LogP contribution >= 0.6 is 11.6 Å². The van der Waals surface area contributed by atoms with Gasteiger partial charge in [-0.1, -0.05) is 17.7 Å². The minimum absolute atomic E-state index is 0.00495. The predicted octanol–water partition coefficient (Wildman–Crippen LogP) is 3.09. The van der Waals surface area contributed by atoms with Gasteiger partial charge in [0.05, 0.1) is 24.2 Å². The molecule has 2 aromatic carbocycles. The summed E-state index contributed by atoms with van der Waals surface area (Å²) in [6.45, 7) is 1.30. The Hall–Kier alpha value is -4.03. The summed E-state index contributed by atoms with van der Waals surface area (Å²) in [5.74, 6) is -3.34. The summed E-state index contributed by atoms with van der Waals surface area (Å²) in [7, 11) is 4.89. The zero-order valence-electron chi connectivity index (χ0n) is 22.2. The molecule has 3 aromatic rings. The van der Waals surface area contributed by atoms with E-state index in [-0.39, 0.29) is 52.0 Å². The second-order valence-electron chi connectivity index (χ2n) is 9.67. The van der Waals surface area contributed by atoms with Crippen LogP contribution in [0.2, 0.25) is 5.02 Å². The molecule has 2 heterocycles. The van der Waals surface area contributed by atoms with Gasteiger partial charge in [0.1, 0.15) is 0 Å². The Morgan fingerprint density at radius 1 is 1.18 bits per heavy atom. The molecule has 0 saturated carbocycles. The maximum absolute atomic E-state index is 14.3. The van der Waals surface area contributed by atoms with Crippen molar-refractivity contribution >= 4 is 35.0 Å². The summed E-state index contributed by atoms with van der Waals surface area (Å²) < 4.78 is 33.1. The molecule has 0 spiro atoms. The predicted molar refractivity (Wildman–Crippen MR) is 145 cm³/mol. The lowest BCUT2D eigenvalue weighted by Gasteiger charge is -2.19. The van der Waals surface area contributed by atoms with Crippen molar-refractivity contribution in [1.82, 2.24) is 25.1 Å². The number of aromatic amines is 1. The highest BCUT2D eigenvalue weighted by Gasteiger charge is 2.28. The molecule has 0 aliphatic carbocycles. The summed E-state index contributed by atoms with van der Waals surface area (Å²) >= 11 is 6.34. The Morgan fingerprint density at radius 2 is 1.95 bits per heavy atom. The molecule has 3 amide bonds. The van der Waals surface area contributed by atoms with Gasteiger partial charge in [-0.05, 0) is 50.3 Å². The highest BCUT2D eigenvalue weighted by molar-refractivity contribution is 6.34. The SMILES string of the molecule is COc1ccc(Cc2cnc(C(=O)Nc3ccc(C(=O)NC4CCN(C(=O)CN(C)C)C4)c(Cl)c3)[nH]2)c(F)c1F. The molecule has 1 saturated heterocycles. The van der Waals surface area contributed by atoms with Crippen molar-refractivity contribution in [1.29, 1.82) is 0 Å². The lowest BCUT2D eigenvalue weighted by molar-refractivity contribution is -0.130. The fraction of sp³-hybridized carbons (Fsp3) is 0.333. The molecule has 0 radical (unpaired) electrons. The van der Waals surface area contributed by atoms with Crippen LogP contribution in [0.25, 0.3) is 0 Å². The number of benzene rings is 2. The van der Waals surface area contributed by atoms with Gasteiger partial charge in [-0.25, -0.2) is 9.37 Å². The number of aromatic nitrogens is 2. The number of carbonyl (C=O) groups excluding carboxylic acids is 3. The molecule has 1 fully saturated rings. The van der Waals surface area contributed by atoms with Gasteiger partial charge in [0.15, 0.2) is 17.4 Å².